The van der Waals surface area contributed by atoms with Gasteiger partial charge in [-0.25, -0.2) is 0 Å². The monoisotopic (exact) mass is 280 g/mol. The molecule has 2 unspecified atom stereocenters. The topological polar surface area (TPSA) is 29.3 Å². The fourth-order valence-electron chi connectivity index (χ4n) is 3.01. The van der Waals surface area contributed by atoms with Gasteiger partial charge in [0.25, 0.3) is 0 Å². The van der Waals surface area contributed by atoms with E-state index in [1.807, 2.05) is 6.92 Å². The quantitative estimate of drug-likeness (QED) is 0.882. The lowest BCUT2D eigenvalue weighted by Crippen LogP contribution is -2.34. The van der Waals surface area contributed by atoms with Crippen LogP contribution in [-0.4, -0.2) is 12.6 Å². The van der Waals surface area contributed by atoms with Gasteiger partial charge in [0.1, 0.15) is 0 Å². The van der Waals surface area contributed by atoms with E-state index in [0.717, 1.165) is 17.1 Å². The van der Waals surface area contributed by atoms with E-state index in [4.69, 9.17) is 17.3 Å². The third-order valence-electron chi connectivity index (χ3n) is 4.15. The average Bonchev–Trinajstić information content (AvgIpc) is 2.63. The van der Waals surface area contributed by atoms with Gasteiger partial charge < -0.3 is 10.6 Å². The Morgan fingerprint density at radius 3 is 2.79 bits per heavy atom. The Hall–Kier alpha value is -0.730. The van der Waals surface area contributed by atoms with Crippen molar-refractivity contribution in [1.82, 2.24) is 0 Å². The van der Waals surface area contributed by atoms with Gasteiger partial charge in [0.2, 0.25) is 0 Å². The van der Waals surface area contributed by atoms with Gasteiger partial charge in [-0.15, -0.1) is 0 Å². The lowest BCUT2D eigenvalue weighted by Gasteiger charge is -2.32. The van der Waals surface area contributed by atoms with E-state index >= 15 is 0 Å². The van der Waals surface area contributed by atoms with Crippen molar-refractivity contribution >= 4 is 17.3 Å². The molecule has 0 aliphatic carbocycles. The number of nitrogens with two attached hydrogens (primary N) is 1. The third-order valence-corrected chi connectivity index (χ3v) is 4.48. The van der Waals surface area contributed by atoms with Crippen molar-refractivity contribution in [1.29, 1.82) is 0 Å². The van der Waals surface area contributed by atoms with Gasteiger partial charge in [0.05, 0.1) is 0 Å². The highest BCUT2D eigenvalue weighted by atomic mass is 35.5. The highest BCUT2D eigenvalue weighted by Crippen LogP contribution is 2.31. The average molecular weight is 281 g/mol. The molecule has 2 N–H and O–H groups in total. The van der Waals surface area contributed by atoms with E-state index in [2.05, 4.69) is 30.0 Å². The van der Waals surface area contributed by atoms with Gasteiger partial charge >= 0.3 is 0 Å². The molecular formula is C16H25ClN2. The van der Waals surface area contributed by atoms with Crippen LogP contribution in [0.25, 0.3) is 0 Å². The van der Waals surface area contributed by atoms with Gasteiger partial charge in [-0.05, 0) is 43.9 Å². The van der Waals surface area contributed by atoms with Gasteiger partial charge in [-0.1, -0.05) is 37.4 Å². The van der Waals surface area contributed by atoms with Crippen LogP contribution in [0.4, 0.5) is 5.69 Å². The number of benzene rings is 1. The predicted octanol–water partition coefficient (Wildman–Crippen LogP) is 4.52. The molecule has 0 saturated carbocycles. The Kier molecular flexibility index (Phi) is 5.12. The summed E-state index contributed by atoms with van der Waals surface area (Å²) in [5, 5.41) is 0.798. The van der Waals surface area contributed by atoms with Crippen molar-refractivity contribution in [2.24, 2.45) is 5.73 Å². The zero-order valence-corrected chi connectivity index (χ0v) is 12.8. The second-order valence-corrected chi connectivity index (χ2v) is 6.01. The molecule has 0 bridgehead atoms. The van der Waals surface area contributed by atoms with Crippen LogP contribution in [0.15, 0.2) is 18.2 Å². The van der Waals surface area contributed by atoms with Crippen molar-refractivity contribution in [2.45, 2.75) is 58.0 Å². The summed E-state index contributed by atoms with van der Waals surface area (Å²) < 4.78 is 0. The minimum atomic E-state index is -0.00680. The minimum Gasteiger partial charge on any atom is -0.369 e. The minimum absolute atomic E-state index is 0.00680. The molecule has 106 valence electrons. The molecule has 1 fully saturated rings. The smallest absolute Gasteiger partial charge is 0.0474 e. The maximum atomic E-state index is 6.37. The molecule has 19 heavy (non-hydrogen) atoms. The van der Waals surface area contributed by atoms with Gasteiger partial charge in [-0.2, -0.15) is 0 Å². The molecule has 3 heteroatoms. The Balaban J connectivity index is 2.26. The summed E-state index contributed by atoms with van der Waals surface area (Å²) in [6.07, 6.45) is 6.47. The first-order valence-corrected chi connectivity index (χ1v) is 7.83. The molecule has 0 aromatic heterocycles. The van der Waals surface area contributed by atoms with E-state index in [1.54, 1.807) is 0 Å². The third kappa shape index (κ3) is 3.43. The SMILES string of the molecule is CCC1CCCCCN1c1ccc(C(C)N)c(Cl)c1. The lowest BCUT2D eigenvalue weighted by atomic mass is 10.1. The van der Waals surface area contributed by atoms with Gasteiger partial charge in [0, 0.05) is 29.3 Å². The molecule has 0 amide bonds. The first-order valence-electron chi connectivity index (χ1n) is 7.45. The van der Waals surface area contributed by atoms with Crippen molar-refractivity contribution in [3.63, 3.8) is 0 Å². The van der Waals surface area contributed by atoms with E-state index in [1.165, 1.54) is 37.8 Å². The molecule has 1 aromatic carbocycles. The number of rotatable bonds is 3. The highest BCUT2D eigenvalue weighted by Gasteiger charge is 2.20. The number of halogens is 1. The molecule has 0 radical (unpaired) electrons. The summed E-state index contributed by atoms with van der Waals surface area (Å²) >= 11 is 6.37. The van der Waals surface area contributed by atoms with Crippen LogP contribution in [0.2, 0.25) is 5.02 Å². The number of hydrogen-bond donors (Lipinski definition) is 1. The summed E-state index contributed by atoms with van der Waals surface area (Å²) in [6, 6.07) is 7.00. The molecular weight excluding hydrogens is 256 g/mol. The lowest BCUT2D eigenvalue weighted by molar-refractivity contribution is 0.556. The summed E-state index contributed by atoms with van der Waals surface area (Å²) in [4.78, 5) is 2.53. The molecule has 1 saturated heterocycles. The van der Waals surface area contributed by atoms with Crippen LogP contribution < -0.4 is 10.6 Å². The molecule has 0 spiro atoms. The number of hydrogen-bond acceptors (Lipinski definition) is 2. The second kappa shape index (κ2) is 6.62. The van der Waals surface area contributed by atoms with Gasteiger partial charge in [-0.3, -0.25) is 0 Å². The van der Waals surface area contributed by atoms with Crippen molar-refractivity contribution in [3.05, 3.63) is 28.8 Å². The molecule has 1 aliphatic heterocycles. The molecule has 1 aliphatic rings. The Morgan fingerprint density at radius 2 is 2.16 bits per heavy atom. The van der Waals surface area contributed by atoms with Crippen LogP contribution in [0.1, 0.15) is 57.6 Å². The maximum absolute atomic E-state index is 6.37. The zero-order valence-electron chi connectivity index (χ0n) is 12.0. The number of anilines is 1. The second-order valence-electron chi connectivity index (χ2n) is 5.60. The molecule has 2 atom stereocenters. The van der Waals surface area contributed by atoms with Crippen molar-refractivity contribution in [3.8, 4) is 0 Å². The summed E-state index contributed by atoms with van der Waals surface area (Å²) in [6.45, 7) is 5.40. The Labute approximate surface area is 121 Å². The van der Waals surface area contributed by atoms with Crippen LogP contribution >= 0.6 is 11.6 Å². The van der Waals surface area contributed by atoms with E-state index in [-0.39, 0.29) is 6.04 Å². The molecule has 1 heterocycles. The summed E-state index contributed by atoms with van der Waals surface area (Å²) in [5.41, 5.74) is 8.21. The first kappa shape index (κ1) is 14.7. The van der Waals surface area contributed by atoms with Crippen molar-refractivity contribution < 1.29 is 0 Å². The normalized spacial score (nSPS) is 22.1. The largest absolute Gasteiger partial charge is 0.369 e. The predicted molar refractivity (Wildman–Crippen MR) is 83.9 cm³/mol. The fraction of sp³-hybridized carbons (Fsp3) is 0.625. The Morgan fingerprint density at radius 1 is 1.37 bits per heavy atom. The first-order chi connectivity index (χ1) is 9.13. The van der Waals surface area contributed by atoms with Crippen LogP contribution in [0.5, 0.6) is 0 Å². The summed E-state index contributed by atoms with van der Waals surface area (Å²) in [5.74, 6) is 0. The van der Waals surface area contributed by atoms with Crippen LogP contribution in [0.3, 0.4) is 0 Å². The van der Waals surface area contributed by atoms with Crippen LogP contribution in [0, 0.1) is 0 Å². The van der Waals surface area contributed by atoms with E-state index in [0.29, 0.717) is 6.04 Å². The zero-order chi connectivity index (χ0) is 13.8. The number of nitrogens with zero attached hydrogens (tertiary/aromatic N) is 1. The van der Waals surface area contributed by atoms with E-state index in [9.17, 15) is 0 Å². The fourth-order valence-corrected chi connectivity index (χ4v) is 3.35. The van der Waals surface area contributed by atoms with Crippen molar-refractivity contribution in [2.75, 3.05) is 11.4 Å². The van der Waals surface area contributed by atoms with E-state index < -0.39 is 0 Å². The van der Waals surface area contributed by atoms with Crippen LogP contribution in [-0.2, 0) is 0 Å². The molecule has 2 rings (SSSR count). The standard InChI is InChI=1S/C16H25ClN2/c1-3-13-7-5-4-6-10-19(13)14-8-9-15(12(2)18)16(17)11-14/h8-9,11-13H,3-7,10,18H2,1-2H3. The van der Waals surface area contributed by atoms with Gasteiger partial charge in [0.15, 0.2) is 0 Å². The Bertz CT molecular complexity index is 417. The maximum Gasteiger partial charge on any atom is 0.0474 e. The molecule has 2 nitrogen and oxygen atoms in total. The molecule has 1 aromatic rings. The highest BCUT2D eigenvalue weighted by molar-refractivity contribution is 6.31. The summed E-state index contributed by atoms with van der Waals surface area (Å²) in [7, 11) is 0.